The van der Waals surface area contributed by atoms with Crippen molar-refractivity contribution in [1.29, 1.82) is 0 Å². The molecule has 0 amide bonds. The number of likely N-dealkylation sites (N-methyl/N-ethyl adjacent to an activating group) is 1. The monoisotopic (exact) mass is 281 g/mol. The van der Waals surface area contributed by atoms with Gasteiger partial charge in [0.25, 0.3) is 0 Å². The molecular weight excluding hydrogens is 250 g/mol. The molecule has 1 atom stereocenters. The van der Waals surface area contributed by atoms with Gasteiger partial charge in [0.2, 0.25) is 0 Å². The van der Waals surface area contributed by atoms with Gasteiger partial charge in [0.15, 0.2) is 0 Å². The third kappa shape index (κ3) is 6.01. The van der Waals surface area contributed by atoms with Crippen molar-refractivity contribution in [2.45, 2.75) is 60.2 Å². The van der Waals surface area contributed by atoms with Crippen LogP contribution in [0.4, 0.5) is 0 Å². The van der Waals surface area contributed by atoms with Crippen molar-refractivity contribution in [2.75, 3.05) is 19.6 Å². The van der Waals surface area contributed by atoms with Crippen molar-refractivity contribution in [3.8, 4) is 0 Å². The summed E-state index contributed by atoms with van der Waals surface area (Å²) in [6.07, 6.45) is 3.24. The van der Waals surface area contributed by atoms with Crippen LogP contribution in [-0.4, -0.2) is 45.6 Å². The summed E-state index contributed by atoms with van der Waals surface area (Å²) in [5, 5.41) is 11.8. The van der Waals surface area contributed by atoms with Gasteiger partial charge < -0.3 is 5.32 Å². The minimum absolute atomic E-state index is 0.635. The summed E-state index contributed by atoms with van der Waals surface area (Å²) in [6.45, 7) is 16.0. The van der Waals surface area contributed by atoms with Gasteiger partial charge in [-0.3, -0.25) is 9.58 Å². The van der Waals surface area contributed by atoms with Gasteiger partial charge >= 0.3 is 0 Å². The molecule has 0 saturated carbocycles. The third-order valence-corrected chi connectivity index (χ3v) is 3.68. The standard InChI is InChI=1S/C15H31N5/c1-6-14(5)19(7-2)8-9-20-12-15(17-18-20)11-16-10-13(3)4/h12-14,16H,6-11H2,1-5H3. The Morgan fingerprint density at radius 3 is 2.65 bits per heavy atom. The van der Waals surface area contributed by atoms with Crippen LogP contribution in [-0.2, 0) is 13.1 Å². The summed E-state index contributed by atoms with van der Waals surface area (Å²) < 4.78 is 1.96. The first-order valence-corrected chi connectivity index (χ1v) is 7.90. The van der Waals surface area contributed by atoms with Crippen LogP contribution < -0.4 is 5.32 Å². The van der Waals surface area contributed by atoms with E-state index in [0.717, 1.165) is 38.4 Å². The zero-order chi connectivity index (χ0) is 15.0. The van der Waals surface area contributed by atoms with Gasteiger partial charge in [-0.2, -0.15) is 0 Å². The van der Waals surface area contributed by atoms with E-state index in [1.165, 1.54) is 6.42 Å². The van der Waals surface area contributed by atoms with Crippen LogP contribution in [0.5, 0.6) is 0 Å². The molecule has 0 radical (unpaired) electrons. The molecule has 0 aliphatic carbocycles. The SMILES string of the molecule is CCC(C)N(CC)CCn1cc(CNCC(C)C)nn1. The fraction of sp³-hybridized carbons (Fsp3) is 0.867. The largest absolute Gasteiger partial charge is 0.311 e. The van der Waals surface area contributed by atoms with Crippen molar-refractivity contribution in [3.63, 3.8) is 0 Å². The average molecular weight is 281 g/mol. The molecule has 1 rings (SSSR count). The number of nitrogens with zero attached hydrogens (tertiary/aromatic N) is 4. The molecule has 0 bridgehead atoms. The number of rotatable bonds is 10. The van der Waals surface area contributed by atoms with Crippen LogP contribution in [0.1, 0.15) is 46.7 Å². The van der Waals surface area contributed by atoms with Gasteiger partial charge in [-0.1, -0.05) is 32.9 Å². The van der Waals surface area contributed by atoms with Gasteiger partial charge in [-0.15, -0.1) is 5.10 Å². The van der Waals surface area contributed by atoms with E-state index < -0.39 is 0 Å². The lowest BCUT2D eigenvalue weighted by Gasteiger charge is -2.26. The van der Waals surface area contributed by atoms with Gasteiger partial charge in [0.05, 0.1) is 12.2 Å². The summed E-state index contributed by atoms with van der Waals surface area (Å²) in [4.78, 5) is 2.48. The minimum Gasteiger partial charge on any atom is -0.311 e. The van der Waals surface area contributed by atoms with E-state index in [0.29, 0.717) is 12.0 Å². The molecule has 0 aliphatic rings. The summed E-state index contributed by atoms with van der Waals surface area (Å²) in [5.74, 6) is 0.665. The van der Waals surface area contributed by atoms with E-state index in [-0.39, 0.29) is 0 Å². The maximum atomic E-state index is 4.21. The molecule has 5 heteroatoms. The Hall–Kier alpha value is -0.940. The fourth-order valence-electron chi connectivity index (χ4n) is 2.20. The lowest BCUT2D eigenvalue weighted by Crippen LogP contribution is -2.35. The maximum Gasteiger partial charge on any atom is 0.0964 e. The molecule has 20 heavy (non-hydrogen) atoms. The fourth-order valence-corrected chi connectivity index (χ4v) is 2.20. The van der Waals surface area contributed by atoms with E-state index >= 15 is 0 Å². The highest BCUT2D eigenvalue weighted by molar-refractivity contribution is 4.91. The molecule has 5 nitrogen and oxygen atoms in total. The summed E-state index contributed by atoms with van der Waals surface area (Å²) >= 11 is 0. The lowest BCUT2D eigenvalue weighted by molar-refractivity contribution is 0.203. The first-order valence-electron chi connectivity index (χ1n) is 7.90. The van der Waals surface area contributed by atoms with Crippen LogP contribution in [0, 0.1) is 5.92 Å². The molecule has 0 aliphatic heterocycles. The van der Waals surface area contributed by atoms with Gasteiger partial charge in [-0.25, -0.2) is 0 Å². The van der Waals surface area contributed by atoms with Crippen molar-refractivity contribution >= 4 is 0 Å². The highest BCUT2D eigenvalue weighted by atomic mass is 15.4. The zero-order valence-electron chi connectivity index (χ0n) is 13.8. The molecule has 1 unspecified atom stereocenters. The van der Waals surface area contributed by atoms with Crippen LogP contribution in [0.25, 0.3) is 0 Å². The number of nitrogens with one attached hydrogen (secondary N) is 1. The summed E-state index contributed by atoms with van der Waals surface area (Å²) in [5.41, 5.74) is 1.03. The van der Waals surface area contributed by atoms with Crippen molar-refractivity contribution in [2.24, 2.45) is 5.92 Å². The van der Waals surface area contributed by atoms with E-state index in [2.05, 4.69) is 61.3 Å². The Balaban J connectivity index is 2.36. The third-order valence-electron chi connectivity index (χ3n) is 3.68. The Kier molecular flexibility index (Phi) is 7.77. The normalized spacial score (nSPS) is 13.3. The molecule has 1 N–H and O–H groups in total. The highest BCUT2D eigenvalue weighted by Gasteiger charge is 2.10. The van der Waals surface area contributed by atoms with Gasteiger partial charge in [-0.05, 0) is 32.4 Å². The molecule has 0 fully saturated rings. The van der Waals surface area contributed by atoms with Crippen molar-refractivity contribution in [3.05, 3.63) is 11.9 Å². The molecule has 0 aromatic carbocycles. The van der Waals surface area contributed by atoms with Crippen LogP contribution in [0.2, 0.25) is 0 Å². The lowest BCUT2D eigenvalue weighted by atomic mass is 10.2. The minimum atomic E-state index is 0.635. The van der Waals surface area contributed by atoms with E-state index in [4.69, 9.17) is 0 Å². The van der Waals surface area contributed by atoms with E-state index in [1.807, 2.05) is 4.68 Å². The topological polar surface area (TPSA) is 46.0 Å². The Labute approximate surface area is 123 Å². The first kappa shape index (κ1) is 17.1. The van der Waals surface area contributed by atoms with E-state index in [9.17, 15) is 0 Å². The smallest absolute Gasteiger partial charge is 0.0964 e. The quantitative estimate of drug-likeness (QED) is 0.714. The molecule has 1 aromatic heterocycles. The number of hydrogen-bond donors (Lipinski definition) is 1. The number of aromatic nitrogens is 3. The second-order valence-corrected chi connectivity index (χ2v) is 5.88. The Morgan fingerprint density at radius 1 is 1.30 bits per heavy atom. The molecule has 0 saturated heterocycles. The molecule has 0 spiro atoms. The predicted molar refractivity (Wildman–Crippen MR) is 83.6 cm³/mol. The van der Waals surface area contributed by atoms with Crippen LogP contribution >= 0.6 is 0 Å². The molecule has 1 aromatic rings. The van der Waals surface area contributed by atoms with E-state index in [1.54, 1.807) is 0 Å². The molecular formula is C15H31N5. The maximum absolute atomic E-state index is 4.21. The van der Waals surface area contributed by atoms with Gasteiger partial charge in [0.1, 0.15) is 0 Å². The number of hydrogen-bond acceptors (Lipinski definition) is 4. The zero-order valence-corrected chi connectivity index (χ0v) is 13.8. The van der Waals surface area contributed by atoms with Crippen LogP contribution in [0.15, 0.2) is 6.20 Å². The summed E-state index contributed by atoms with van der Waals surface area (Å²) in [7, 11) is 0. The van der Waals surface area contributed by atoms with Crippen LogP contribution in [0.3, 0.4) is 0 Å². The predicted octanol–water partition coefficient (Wildman–Crippen LogP) is 2.14. The molecule has 1 heterocycles. The molecule has 116 valence electrons. The average Bonchev–Trinajstić information content (AvgIpc) is 2.86. The van der Waals surface area contributed by atoms with Crippen molar-refractivity contribution in [1.82, 2.24) is 25.2 Å². The summed E-state index contributed by atoms with van der Waals surface area (Å²) in [6, 6.07) is 0.635. The highest BCUT2D eigenvalue weighted by Crippen LogP contribution is 2.03. The Morgan fingerprint density at radius 2 is 2.05 bits per heavy atom. The van der Waals surface area contributed by atoms with Gasteiger partial charge in [0, 0.05) is 25.3 Å². The first-order chi connectivity index (χ1) is 9.56. The second kappa shape index (κ2) is 9.08. The Bertz CT molecular complexity index is 361. The van der Waals surface area contributed by atoms with Crippen molar-refractivity contribution < 1.29 is 0 Å². The second-order valence-electron chi connectivity index (χ2n) is 5.88.